The van der Waals surface area contributed by atoms with E-state index < -0.39 is 10.0 Å². The van der Waals surface area contributed by atoms with Crippen LogP contribution in [0.25, 0.3) is 0 Å². The van der Waals surface area contributed by atoms with Crippen molar-refractivity contribution in [2.24, 2.45) is 11.8 Å². The van der Waals surface area contributed by atoms with Crippen molar-refractivity contribution in [3.05, 3.63) is 12.0 Å². The van der Waals surface area contributed by atoms with Crippen molar-refractivity contribution in [1.29, 1.82) is 0 Å². The monoisotopic (exact) mass is 270 g/mol. The minimum atomic E-state index is -3.38. The van der Waals surface area contributed by atoms with Gasteiger partial charge in [-0.25, -0.2) is 13.4 Å². The number of H-pyrrole nitrogens is 1. The molecule has 1 aromatic rings. The molecule has 6 nitrogen and oxygen atoms in total. The maximum atomic E-state index is 12.4. The van der Waals surface area contributed by atoms with Crippen LogP contribution in [0.1, 0.15) is 12.7 Å². The van der Waals surface area contributed by atoms with Gasteiger partial charge < -0.3 is 10.3 Å². The maximum Gasteiger partial charge on any atom is 0.260 e. The van der Waals surface area contributed by atoms with Crippen LogP contribution in [0.3, 0.4) is 0 Å². The number of nitrogens with zero attached hydrogens (tertiary/aromatic N) is 2. The number of hydrogen-bond donors (Lipinski definition) is 2. The summed E-state index contributed by atoms with van der Waals surface area (Å²) in [5.41, 5.74) is 0. The van der Waals surface area contributed by atoms with Crippen molar-refractivity contribution in [2.45, 2.75) is 18.4 Å². The lowest BCUT2D eigenvalue weighted by atomic mass is 10.0. The van der Waals surface area contributed by atoms with E-state index in [4.69, 9.17) is 0 Å². The number of hydrogen-bond acceptors (Lipinski definition) is 4. The van der Waals surface area contributed by atoms with Gasteiger partial charge in [-0.05, 0) is 24.9 Å². The fourth-order valence-corrected chi connectivity index (χ4v) is 4.29. The van der Waals surface area contributed by atoms with Gasteiger partial charge in [0, 0.05) is 19.5 Å². The highest BCUT2D eigenvalue weighted by Crippen LogP contribution is 2.30. The first-order valence-corrected chi connectivity index (χ1v) is 7.80. The molecule has 2 atom stereocenters. The van der Waals surface area contributed by atoms with Crippen LogP contribution < -0.4 is 5.32 Å². The Hall–Kier alpha value is -0.920. The number of aromatic amines is 1. The zero-order valence-corrected chi connectivity index (χ0v) is 11.2. The average Bonchev–Trinajstić information content (AvgIpc) is 3.03. The molecule has 0 radical (unpaired) electrons. The summed E-state index contributed by atoms with van der Waals surface area (Å²) < 4.78 is 26.5. The van der Waals surface area contributed by atoms with Gasteiger partial charge >= 0.3 is 0 Å². The molecule has 0 unspecified atom stereocenters. The number of aryl methyl sites for hydroxylation is 1. The number of aromatic nitrogens is 2. The van der Waals surface area contributed by atoms with Crippen molar-refractivity contribution in [3.8, 4) is 0 Å². The zero-order chi connectivity index (χ0) is 12.8. The lowest BCUT2D eigenvalue weighted by Crippen LogP contribution is -2.32. The maximum absolute atomic E-state index is 12.4. The van der Waals surface area contributed by atoms with E-state index >= 15 is 0 Å². The Morgan fingerprint density at radius 1 is 1.39 bits per heavy atom. The smallest absolute Gasteiger partial charge is 0.260 e. The molecule has 2 fully saturated rings. The van der Waals surface area contributed by atoms with E-state index in [0.29, 0.717) is 31.3 Å². The molecule has 0 aromatic carbocycles. The first-order valence-electron chi connectivity index (χ1n) is 6.36. The molecule has 0 amide bonds. The Morgan fingerprint density at radius 3 is 2.61 bits per heavy atom. The van der Waals surface area contributed by atoms with Crippen LogP contribution in [0, 0.1) is 11.8 Å². The summed E-state index contributed by atoms with van der Waals surface area (Å²) in [6.45, 7) is 5.06. The number of nitrogens with one attached hydrogen (secondary N) is 2. The fraction of sp³-hybridized carbons (Fsp3) is 0.727. The van der Waals surface area contributed by atoms with Crippen LogP contribution in [0.5, 0.6) is 0 Å². The summed E-state index contributed by atoms with van der Waals surface area (Å²) in [7, 11) is -3.38. The predicted octanol–water partition coefficient (Wildman–Crippen LogP) is -0.188. The highest BCUT2D eigenvalue weighted by molar-refractivity contribution is 7.89. The van der Waals surface area contributed by atoms with E-state index in [9.17, 15) is 8.42 Å². The van der Waals surface area contributed by atoms with Crippen molar-refractivity contribution in [3.63, 3.8) is 0 Å². The second-order valence-electron chi connectivity index (χ2n) is 5.05. The Kier molecular flexibility index (Phi) is 2.91. The topological polar surface area (TPSA) is 78.1 Å². The lowest BCUT2D eigenvalue weighted by Gasteiger charge is -2.15. The van der Waals surface area contributed by atoms with E-state index in [0.717, 1.165) is 18.9 Å². The third-order valence-electron chi connectivity index (χ3n) is 3.91. The van der Waals surface area contributed by atoms with Crippen molar-refractivity contribution < 1.29 is 8.42 Å². The fourth-order valence-electron chi connectivity index (χ4n) is 2.80. The largest absolute Gasteiger partial charge is 0.332 e. The molecule has 3 heterocycles. The van der Waals surface area contributed by atoms with Gasteiger partial charge in [0.05, 0.1) is 6.20 Å². The summed E-state index contributed by atoms with van der Waals surface area (Å²) in [6.07, 6.45) is 2.14. The highest BCUT2D eigenvalue weighted by atomic mass is 32.2. The third kappa shape index (κ3) is 1.86. The second-order valence-corrected chi connectivity index (χ2v) is 6.95. The number of imidazole rings is 1. The van der Waals surface area contributed by atoms with Gasteiger partial charge in [-0.2, -0.15) is 4.31 Å². The average molecular weight is 270 g/mol. The van der Waals surface area contributed by atoms with Gasteiger partial charge in [-0.1, -0.05) is 6.92 Å². The molecule has 0 aliphatic carbocycles. The van der Waals surface area contributed by atoms with Gasteiger partial charge in [0.1, 0.15) is 5.82 Å². The quantitative estimate of drug-likeness (QED) is 0.798. The molecule has 18 heavy (non-hydrogen) atoms. The van der Waals surface area contributed by atoms with Gasteiger partial charge in [0.25, 0.3) is 10.0 Å². The molecule has 0 bridgehead atoms. The number of sulfonamides is 1. The molecule has 0 spiro atoms. The SMILES string of the molecule is CCc1ncc(S(=O)(=O)N2C[C@H]3CNC[C@H]3C2)[nH]1. The zero-order valence-electron chi connectivity index (χ0n) is 10.4. The van der Waals surface area contributed by atoms with Gasteiger partial charge in [0.15, 0.2) is 5.03 Å². The van der Waals surface area contributed by atoms with Crippen LogP contribution in [0.2, 0.25) is 0 Å². The normalized spacial score (nSPS) is 28.7. The predicted molar refractivity (Wildman–Crippen MR) is 66.6 cm³/mol. The first-order chi connectivity index (χ1) is 8.61. The molecule has 7 heteroatoms. The minimum Gasteiger partial charge on any atom is -0.332 e. The van der Waals surface area contributed by atoms with Crippen LogP contribution in [0.15, 0.2) is 11.2 Å². The molecule has 1 aromatic heterocycles. The van der Waals surface area contributed by atoms with Crippen LogP contribution in [-0.2, 0) is 16.4 Å². The summed E-state index contributed by atoms with van der Waals surface area (Å²) in [6, 6.07) is 0. The van der Waals surface area contributed by atoms with E-state index in [1.165, 1.54) is 6.20 Å². The molecule has 2 aliphatic heterocycles. The third-order valence-corrected chi connectivity index (χ3v) is 5.66. The molecule has 2 N–H and O–H groups in total. The number of rotatable bonds is 3. The van der Waals surface area contributed by atoms with Crippen molar-refractivity contribution in [2.75, 3.05) is 26.2 Å². The second kappa shape index (κ2) is 4.32. The van der Waals surface area contributed by atoms with Crippen LogP contribution in [-0.4, -0.2) is 48.9 Å². The van der Waals surface area contributed by atoms with E-state index in [1.54, 1.807) is 4.31 Å². The van der Waals surface area contributed by atoms with E-state index in [2.05, 4.69) is 15.3 Å². The molecule has 2 aliphatic rings. The molecular weight excluding hydrogens is 252 g/mol. The minimum absolute atomic E-state index is 0.229. The summed E-state index contributed by atoms with van der Waals surface area (Å²) >= 11 is 0. The molecule has 2 saturated heterocycles. The van der Waals surface area contributed by atoms with Gasteiger partial charge in [-0.3, -0.25) is 0 Å². The Bertz CT molecular complexity index is 527. The summed E-state index contributed by atoms with van der Waals surface area (Å²) in [5, 5.41) is 3.54. The Balaban J connectivity index is 1.82. The van der Waals surface area contributed by atoms with Crippen LogP contribution >= 0.6 is 0 Å². The first kappa shape index (κ1) is 12.1. The van der Waals surface area contributed by atoms with Crippen molar-refractivity contribution >= 4 is 10.0 Å². The number of fused-ring (bicyclic) bond motifs is 1. The van der Waals surface area contributed by atoms with Crippen LogP contribution in [0.4, 0.5) is 0 Å². The molecule has 100 valence electrons. The summed E-state index contributed by atoms with van der Waals surface area (Å²) in [5.74, 6) is 1.65. The Morgan fingerprint density at radius 2 is 2.06 bits per heavy atom. The van der Waals surface area contributed by atoms with E-state index in [-0.39, 0.29) is 5.03 Å². The lowest BCUT2D eigenvalue weighted by molar-refractivity contribution is 0.446. The van der Waals surface area contributed by atoms with E-state index in [1.807, 2.05) is 6.92 Å². The molecule has 0 saturated carbocycles. The molecule has 3 rings (SSSR count). The standard InChI is InChI=1S/C11H18N4O2S/c1-2-10-13-5-11(14-10)18(16,17)15-6-8-3-12-4-9(8)7-15/h5,8-9,12H,2-4,6-7H2,1H3,(H,13,14)/t8-,9+. The van der Waals surface area contributed by atoms with Gasteiger partial charge in [-0.15, -0.1) is 0 Å². The Labute approximate surface area is 107 Å². The van der Waals surface area contributed by atoms with Gasteiger partial charge in [0.2, 0.25) is 0 Å². The van der Waals surface area contributed by atoms with Crippen molar-refractivity contribution in [1.82, 2.24) is 19.6 Å². The molecular formula is C11H18N4O2S. The summed E-state index contributed by atoms with van der Waals surface area (Å²) in [4.78, 5) is 6.96. The highest BCUT2D eigenvalue weighted by Gasteiger charge is 2.41.